The minimum atomic E-state index is -2.35. The van der Waals surface area contributed by atoms with Gasteiger partial charge in [-0.05, 0) is 47.7 Å². The van der Waals surface area contributed by atoms with E-state index in [0.717, 1.165) is 24.7 Å². The van der Waals surface area contributed by atoms with Gasteiger partial charge in [0.05, 0.1) is 25.9 Å². The molecule has 0 bridgehead atoms. The molecule has 0 aromatic rings. The van der Waals surface area contributed by atoms with E-state index in [0.29, 0.717) is 25.6 Å². The molecule has 0 aromatic carbocycles. The highest BCUT2D eigenvalue weighted by atomic mass is 35.7. The van der Waals surface area contributed by atoms with Gasteiger partial charge in [-0.2, -0.15) is 0 Å². The summed E-state index contributed by atoms with van der Waals surface area (Å²) in [5.41, 5.74) is -2.35. The fraction of sp³-hybridized carbons (Fsp3) is 1.00. The van der Waals surface area contributed by atoms with Crippen LogP contribution >= 0.6 is 36.0 Å². The van der Waals surface area contributed by atoms with Crippen LogP contribution in [0.3, 0.4) is 0 Å². The SMILES string of the molecule is CC(C)CCCCCOP(=S)(OCCCCCC(C)C)SCC1COP(Cl)O1. The normalized spacial score (nSPS) is 20.5. The Morgan fingerprint density at radius 2 is 1.54 bits per heavy atom. The lowest BCUT2D eigenvalue weighted by Crippen LogP contribution is -2.12. The van der Waals surface area contributed by atoms with E-state index in [-0.39, 0.29) is 6.10 Å². The molecule has 28 heavy (non-hydrogen) atoms. The molecule has 1 aliphatic rings. The summed E-state index contributed by atoms with van der Waals surface area (Å²) in [6.45, 7) is 11.0. The summed E-state index contributed by atoms with van der Waals surface area (Å²) in [5, 5.41) is 0. The first kappa shape index (κ1) is 27.6. The van der Waals surface area contributed by atoms with Gasteiger partial charge in [-0.15, -0.1) is 0 Å². The van der Waals surface area contributed by atoms with Gasteiger partial charge in [-0.25, -0.2) is 0 Å². The van der Waals surface area contributed by atoms with Crippen molar-refractivity contribution in [3.63, 3.8) is 0 Å². The van der Waals surface area contributed by atoms with Crippen LogP contribution in [0.5, 0.6) is 0 Å². The van der Waals surface area contributed by atoms with E-state index in [1.807, 2.05) is 0 Å². The molecule has 168 valence electrons. The van der Waals surface area contributed by atoms with Crippen molar-refractivity contribution < 1.29 is 18.1 Å². The summed E-state index contributed by atoms with van der Waals surface area (Å²) in [6.07, 6.45) is 9.49. The van der Waals surface area contributed by atoms with Crippen LogP contribution in [0.15, 0.2) is 0 Å². The van der Waals surface area contributed by atoms with Gasteiger partial charge in [0.15, 0.2) is 0 Å². The minimum Gasteiger partial charge on any atom is -0.322 e. The summed E-state index contributed by atoms with van der Waals surface area (Å²) < 4.78 is 23.1. The van der Waals surface area contributed by atoms with Crippen molar-refractivity contribution in [3.8, 4) is 0 Å². The van der Waals surface area contributed by atoms with Crippen molar-refractivity contribution in [2.24, 2.45) is 11.8 Å². The van der Waals surface area contributed by atoms with E-state index >= 15 is 0 Å². The Labute approximate surface area is 188 Å². The molecule has 0 amide bonds. The van der Waals surface area contributed by atoms with Gasteiger partial charge in [0.1, 0.15) is 0 Å². The number of hydrogen-bond donors (Lipinski definition) is 0. The lowest BCUT2D eigenvalue weighted by molar-refractivity contribution is 0.247. The highest BCUT2D eigenvalue weighted by Crippen LogP contribution is 2.62. The maximum Gasteiger partial charge on any atom is 0.277 e. The zero-order valence-corrected chi connectivity index (χ0v) is 22.1. The second-order valence-corrected chi connectivity index (χ2v) is 16.2. The van der Waals surface area contributed by atoms with Crippen LogP contribution in [0, 0.1) is 11.8 Å². The quantitative estimate of drug-likeness (QED) is 0.150. The number of rotatable bonds is 17. The van der Waals surface area contributed by atoms with Gasteiger partial charge in [0.2, 0.25) is 5.69 Å². The van der Waals surface area contributed by atoms with Crippen LogP contribution < -0.4 is 0 Å². The largest absolute Gasteiger partial charge is 0.322 e. The highest BCUT2D eigenvalue weighted by molar-refractivity contribution is 8.67. The van der Waals surface area contributed by atoms with Gasteiger partial charge >= 0.3 is 0 Å². The van der Waals surface area contributed by atoms with Crippen LogP contribution in [0.2, 0.25) is 0 Å². The molecule has 0 N–H and O–H groups in total. The van der Waals surface area contributed by atoms with Gasteiger partial charge in [-0.1, -0.05) is 77.6 Å². The predicted molar refractivity (Wildman–Crippen MR) is 129 cm³/mol. The minimum absolute atomic E-state index is 0.0137. The number of hydrogen-bond acceptors (Lipinski definition) is 6. The van der Waals surface area contributed by atoms with E-state index in [1.54, 1.807) is 11.4 Å². The van der Waals surface area contributed by atoms with Crippen molar-refractivity contribution in [2.75, 3.05) is 25.6 Å². The Hall–Kier alpha value is 1.56. The zero-order valence-electron chi connectivity index (χ0n) is 17.9. The lowest BCUT2D eigenvalue weighted by atomic mass is 10.1. The van der Waals surface area contributed by atoms with Gasteiger partial charge in [0.25, 0.3) is 7.73 Å². The van der Waals surface area contributed by atoms with Crippen LogP contribution in [-0.2, 0) is 29.9 Å². The first-order chi connectivity index (χ1) is 13.3. The second kappa shape index (κ2) is 16.2. The van der Waals surface area contributed by atoms with Crippen LogP contribution in [-0.4, -0.2) is 31.7 Å². The lowest BCUT2D eigenvalue weighted by Gasteiger charge is -2.22. The molecule has 1 saturated heterocycles. The Morgan fingerprint density at radius 1 is 1.00 bits per heavy atom. The first-order valence-electron chi connectivity index (χ1n) is 10.6. The van der Waals surface area contributed by atoms with Crippen LogP contribution in [0.1, 0.15) is 79.1 Å². The Bertz CT molecular complexity index is 420. The summed E-state index contributed by atoms with van der Waals surface area (Å²) in [6, 6.07) is 0. The maximum absolute atomic E-state index is 6.11. The monoisotopic (exact) mass is 492 g/mol. The molecular weight excluding hydrogens is 454 g/mol. The molecule has 1 rings (SSSR count). The van der Waals surface area contributed by atoms with Crippen molar-refractivity contribution in [2.45, 2.75) is 85.2 Å². The van der Waals surface area contributed by atoms with Crippen molar-refractivity contribution >= 4 is 47.9 Å². The first-order valence-corrected chi connectivity index (χ1v) is 16.9. The average Bonchev–Trinajstić information content (AvgIpc) is 3.04. The summed E-state index contributed by atoms with van der Waals surface area (Å²) in [4.78, 5) is 0. The fourth-order valence-electron chi connectivity index (χ4n) is 2.70. The molecule has 4 nitrogen and oxygen atoms in total. The fourth-order valence-corrected chi connectivity index (χ4v) is 8.40. The molecule has 0 aromatic heterocycles. The van der Waals surface area contributed by atoms with Crippen molar-refractivity contribution in [1.82, 2.24) is 0 Å². The van der Waals surface area contributed by atoms with Gasteiger partial charge in [-0.3, -0.25) is 0 Å². The molecule has 0 spiro atoms. The molecule has 9 heteroatoms. The average molecular weight is 493 g/mol. The van der Waals surface area contributed by atoms with Gasteiger partial charge in [0, 0.05) is 5.75 Å². The molecule has 2 unspecified atom stereocenters. The van der Waals surface area contributed by atoms with Crippen LogP contribution in [0.4, 0.5) is 0 Å². The molecule has 0 saturated carbocycles. The molecule has 2 atom stereocenters. The molecule has 1 heterocycles. The Morgan fingerprint density at radius 3 is 1.96 bits per heavy atom. The van der Waals surface area contributed by atoms with Crippen molar-refractivity contribution in [1.29, 1.82) is 0 Å². The van der Waals surface area contributed by atoms with E-state index in [1.165, 1.54) is 38.5 Å². The third-order valence-corrected chi connectivity index (χ3v) is 11.2. The van der Waals surface area contributed by atoms with E-state index in [4.69, 9.17) is 41.1 Å². The number of unbranched alkanes of at least 4 members (excludes halogenated alkanes) is 4. The topological polar surface area (TPSA) is 36.9 Å². The Kier molecular flexibility index (Phi) is 16.0. The molecule has 1 aliphatic heterocycles. The predicted octanol–water partition coefficient (Wildman–Crippen LogP) is 8.29. The standard InChI is InChI=1S/C19H39ClO4P2S2/c1-17(2)11-7-5-9-13-22-26(27,23-14-10-6-8-12-18(3)4)28-16-19-15-21-25(20)24-19/h17-19H,5-16H2,1-4H3. The van der Waals surface area contributed by atoms with Crippen molar-refractivity contribution in [3.05, 3.63) is 0 Å². The number of halogens is 1. The smallest absolute Gasteiger partial charge is 0.277 e. The highest BCUT2D eigenvalue weighted by Gasteiger charge is 2.29. The zero-order chi connectivity index (χ0) is 20.8. The third-order valence-electron chi connectivity index (χ3n) is 4.36. The second-order valence-electron chi connectivity index (χ2n) is 8.13. The molecule has 0 aliphatic carbocycles. The van der Waals surface area contributed by atoms with Gasteiger partial charge < -0.3 is 18.1 Å². The molecule has 0 radical (unpaired) electrons. The summed E-state index contributed by atoms with van der Waals surface area (Å²) in [7, 11) is -1.24. The summed E-state index contributed by atoms with van der Waals surface area (Å²) in [5.74, 6) is 2.24. The molecular formula is C19H39ClO4P2S2. The maximum atomic E-state index is 6.11. The van der Waals surface area contributed by atoms with E-state index in [9.17, 15) is 0 Å². The Balaban J connectivity index is 2.32. The van der Waals surface area contributed by atoms with Crippen LogP contribution in [0.25, 0.3) is 0 Å². The van der Waals surface area contributed by atoms with E-state index in [2.05, 4.69) is 27.7 Å². The van der Waals surface area contributed by atoms with E-state index < -0.39 is 13.4 Å². The third kappa shape index (κ3) is 14.5. The molecule has 1 fully saturated rings. The summed E-state index contributed by atoms with van der Waals surface area (Å²) >= 11 is 13.3.